The fourth-order valence-electron chi connectivity index (χ4n) is 4.16. The molecule has 0 aliphatic carbocycles. The molecule has 170 valence electrons. The van der Waals surface area contributed by atoms with Crippen molar-refractivity contribution in [2.45, 2.75) is 45.2 Å². The first-order valence-electron chi connectivity index (χ1n) is 11.4. The lowest BCUT2D eigenvalue weighted by molar-refractivity contribution is 0.493. The van der Waals surface area contributed by atoms with Gasteiger partial charge in [-0.2, -0.15) is 4.98 Å². The SMILES string of the molecule is CC(C)c1cnc2c(NCc3cccnc3-c3cccnc3)nc(N3CCC(N)CC3)nn12. The van der Waals surface area contributed by atoms with E-state index in [9.17, 15) is 0 Å². The molecule has 1 fully saturated rings. The van der Waals surface area contributed by atoms with Crippen LogP contribution in [0.3, 0.4) is 0 Å². The van der Waals surface area contributed by atoms with E-state index < -0.39 is 0 Å². The summed E-state index contributed by atoms with van der Waals surface area (Å²) in [4.78, 5) is 20.6. The minimum atomic E-state index is 0.249. The largest absolute Gasteiger partial charge is 0.363 e. The van der Waals surface area contributed by atoms with Crippen LogP contribution in [0.5, 0.6) is 0 Å². The maximum Gasteiger partial charge on any atom is 0.245 e. The summed E-state index contributed by atoms with van der Waals surface area (Å²) in [5, 5.41) is 8.36. The van der Waals surface area contributed by atoms with E-state index in [4.69, 9.17) is 15.8 Å². The molecule has 9 nitrogen and oxygen atoms in total. The lowest BCUT2D eigenvalue weighted by Gasteiger charge is -2.30. The molecule has 5 rings (SSSR count). The summed E-state index contributed by atoms with van der Waals surface area (Å²) >= 11 is 0. The molecule has 0 bridgehead atoms. The first-order valence-corrected chi connectivity index (χ1v) is 11.4. The third kappa shape index (κ3) is 4.36. The van der Waals surface area contributed by atoms with Crippen LogP contribution < -0.4 is 16.0 Å². The highest BCUT2D eigenvalue weighted by molar-refractivity contribution is 5.66. The van der Waals surface area contributed by atoms with E-state index in [1.807, 2.05) is 35.1 Å². The number of hydrogen-bond donors (Lipinski definition) is 2. The average molecular weight is 444 g/mol. The number of nitrogens with zero attached hydrogens (tertiary/aromatic N) is 7. The zero-order valence-corrected chi connectivity index (χ0v) is 19.0. The highest BCUT2D eigenvalue weighted by atomic mass is 15.4. The van der Waals surface area contributed by atoms with E-state index in [2.05, 4.69) is 45.1 Å². The molecule has 33 heavy (non-hydrogen) atoms. The van der Waals surface area contributed by atoms with Crippen LogP contribution in [0.25, 0.3) is 16.9 Å². The second-order valence-corrected chi connectivity index (χ2v) is 8.76. The molecule has 0 radical (unpaired) electrons. The molecule has 0 unspecified atom stereocenters. The molecule has 1 saturated heterocycles. The Balaban J connectivity index is 1.49. The molecule has 0 saturated carbocycles. The summed E-state index contributed by atoms with van der Waals surface area (Å²) in [6.07, 6.45) is 9.17. The van der Waals surface area contributed by atoms with Crippen molar-refractivity contribution >= 4 is 17.4 Å². The molecule has 5 heterocycles. The summed E-state index contributed by atoms with van der Waals surface area (Å²) in [6.45, 7) is 6.55. The lowest BCUT2D eigenvalue weighted by atomic mass is 10.1. The predicted molar refractivity (Wildman–Crippen MR) is 129 cm³/mol. The Morgan fingerprint density at radius 3 is 2.67 bits per heavy atom. The minimum Gasteiger partial charge on any atom is -0.363 e. The number of pyridine rings is 2. The Morgan fingerprint density at radius 2 is 1.91 bits per heavy atom. The topological polar surface area (TPSA) is 110 Å². The second kappa shape index (κ2) is 9.11. The van der Waals surface area contributed by atoms with Gasteiger partial charge in [-0.05, 0) is 42.5 Å². The van der Waals surface area contributed by atoms with Crippen LogP contribution in [0.4, 0.5) is 11.8 Å². The van der Waals surface area contributed by atoms with Crippen LogP contribution in [-0.2, 0) is 6.54 Å². The molecule has 9 heteroatoms. The van der Waals surface area contributed by atoms with Crippen molar-refractivity contribution in [3.05, 3.63) is 60.3 Å². The summed E-state index contributed by atoms with van der Waals surface area (Å²) in [5.74, 6) is 1.71. The number of anilines is 2. The predicted octanol–water partition coefficient (Wildman–Crippen LogP) is 3.24. The van der Waals surface area contributed by atoms with Gasteiger partial charge in [-0.25, -0.2) is 9.50 Å². The maximum absolute atomic E-state index is 6.11. The molecular formula is C24H29N9. The average Bonchev–Trinajstić information content (AvgIpc) is 3.28. The number of imidazole rings is 1. The first-order chi connectivity index (χ1) is 16.1. The van der Waals surface area contributed by atoms with E-state index in [1.54, 1.807) is 12.4 Å². The molecular weight excluding hydrogens is 414 g/mol. The number of nitrogens with one attached hydrogen (secondary N) is 1. The van der Waals surface area contributed by atoms with E-state index >= 15 is 0 Å². The first kappa shape index (κ1) is 21.3. The monoisotopic (exact) mass is 443 g/mol. The van der Waals surface area contributed by atoms with E-state index in [-0.39, 0.29) is 6.04 Å². The van der Waals surface area contributed by atoms with Gasteiger partial charge in [0, 0.05) is 49.8 Å². The van der Waals surface area contributed by atoms with Crippen LogP contribution >= 0.6 is 0 Å². The van der Waals surface area contributed by atoms with E-state index in [1.165, 1.54) is 0 Å². The second-order valence-electron chi connectivity index (χ2n) is 8.76. The number of piperidine rings is 1. The van der Waals surface area contributed by atoms with E-state index in [0.29, 0.717) is 24.2 Å². The van der Waals surface area contributed by atoms with Crippen LogP contribution in [0.2, 0.25) is 0 Å². The molecule has 4 aromatic heterocycles. The lowest BCUT2D eigenvalue weighted by Crippen LogP contribution is -2.40. The Hall–Kier alpha value is -3.59. The van der Waals surface area contributed by atoms with Crippen LogP contribution in [0.15, 0.2) is 49.1 Å². The Kier molecular flexibility index (Phi) is 5.87. The molecule has 1 aliphatic rings. The Bertz CT molecular complexity index is 1230. The fraction of sp³-hybridized carbons (Fsp3) is 0.375. The molecule has 1 aliphatic heterocycles. The minimum absolute atomic E-state index is 0.249. The quantitative estimate of drug-likeness (QED) is 0.467. The van der Waals surface area contributed by atoms with Crippen LogP contribution in [0, 0.1) is 0 Å². The van der Waals surface area contributed by atoms with Crippen molar-refractivity contribution in [1.29, 1.82) is 0 Å². The van der Waals surface area contributed by atoms with Gasteiger partial charge in [0.15, 0.2) is 11.5 Å². The van der Waals surface area contributed by atoms with E-state index in [0.717, 1.165) is 54.1 Å². The van der Waals surface area contributed by atoms with Crippen molar-refractivity contribution in [3.63, 3.8) is 0 Å². The zero-order chi connectivity index (χ0) is 22.8. The van der Waals surface area contributed by atoms with Gasteiger partial charge in [-0.15, -0.1) is 5.10 Å². The fourth-order valence-corrected chi connectivity index (χ4v) is 4.16. The smallest absolute Gasteiger partial charge is 0.245 e. The number of hydrogen-bond acceptors (Lipinski definition) is 8. The normalized spacial score (nSPS) is 14.8. The highest BCUT2D eigenvalue weighted by Crippen LogP contribution is 2.26. The molecule has 0 spiro atoms. The van der Waals surface area contributed by atoms with Gasteiger partial charge in [0.2, 0.25) is 5.95 Å². The standard InChI is InChI=1S/C24H29N9/c1-16(2)20-15-29-23-22(30-24(31-33(20)23)32-11-7-19(25)8-12-32)28-14-18-6-4-10-27-21(18)17-5-3-9-26-13-17/h3-6,9-10,13,15-16,19H,7-8,11-12,14,25H2,1-2H3,(H,28,30,31). The van der Waals surface area contributed by atoms with Gasteiger partial charge in [-0.3, -0.25) is 9.97 Å². The Labute approximate surface area is 193 Å². The zero-order valence-electron chi connectivity index (χ0n) is 19.0. The van der Waals surface area contributed by atoms with Gasteiger partial charge >= 0.3 is 0 Å². The van der Waals surface area contributed by atoms with Crippen LogP contribution in [0.1, 0.15) is 43.9 Å². The molecule has 4 aromatic rings. The van der Waals surface area contributed by atoms with Gasteiger partial charge in [-0.1, -0.05) is 19.9 Å². The molecule has 0 aromatic carbocycles. The highest BCUT2D eigenvalue weighted by Gasteiger charge is 2.22. The van der Waals surface area contributed by atoms with Crippen molar-refractivity contribution in [3.8, 4) is 11.3 Å². The number of rotatable bonds is 6. The van der Waals surface area contributed by atoms with Gasteiger partial charge in [0.1, 0.15) is 0 Å². The third-order valence-corrected chi connectivity index (χ3v) is 6.06. The summed E-state index contributed by atoms with van der Waals surface area (Å²) < 4.78 is 1.93. The molecule has 0 atom stereocenters. The van der Waals surface area contributed by atoms with Crippen molar-refractivity contribution < 1.29 is 0 Å². The van der Waals surface area contributed by atoms with Crippen molar-refractivity contribution in [2.24, 2.45) is 5.73 Å². The van der Waals surface area contributed by atoms with Crippen molar-refractivity contribution in [2.75, 3.05) is 23.3 Å². The van der Waals surface area contributed by atoms with Gasteiger partial charge < -0.3 is 16.0 Å². The number of aromatic nitrogens is 6. The van der Waals surface area contributed by atoms with Gasteiger partial charge in [0.25, 0.3) is 0 Å². The molecule has 0 amide bonds. The Morgan fingerprint density at radius 1 is 1.09 bits per heavy atom. The summed E-state index contributed by atoms with van der Waals surface area (Å²) in [7, 11) is 0. The maximum atomic E-state index is 6.11. The molecule has 3 N–H and O–H groups in total. The summed E-state index contributed by atoms with van der Waals surface area (Å²) in [6, 6.07) is 8.20. The third-order valence-electron chi connectivity index (χ3n) is 6.06. The summed E-state index contributed by atoms with van der Waals surface area (Å²) in [5.41, 5.74) is 10.8. The van der Waals surface area contributed by atoms with Crippen molar-refractivity contribution in [1.82, 2.24) is 29.5 Å². The van der Waals surface area contributed by atoms with Crippen LogP contribution in [-0.4, -0.2) is 48.7 Å². The number of fused-ring (bicyclic) bond motifs is 1. The van der Waals surface area contributed by atoms with Gasteiger partial charge in [0.05, 0.1) is 17.6 Å². The number of nitrogens with two attached hydrogens (primary N) is 1.